The summed E-state index contributed by atoms with van der Waals surface area (Å²) in [5.74, 6) is 0.603. The molecule has 2 aliphatic rings. The van der Waals surface area contributed by atoms with E-state index < -0.39 is 0 Å². The second-order valence-corrected chi connectivity index (χ2v) is 9.82. The van der Waals surface area contributed by atoms with E-state index in [0.717, 1.165) is 28.9 Å². The van der Waals surface area contributed by atoms with E-state index in [1.54, 1.807) is 6.20 Å². The van der Waals surface area contributed by atoms with Gasteiger partial charge < -0.3 is 19.7 Å². The summed E-state index contributed by atoms with van der Waals surface area (Å²) in [6, 6.07) is 37.8. The third-order valence-electron chi connectivity index (χ3n) is 6.72. The third kappa shape index (κ3) is 4.80. The van der Waals surface area contributed by atoms with Gasteiger partial charge in [0.2, 0.25) is 0 Å². The second kappa shape index (κ2) is 11.0. The topological polar surface area (TPSA) is 22.6 Å². The van der Waals surface area contributed by atoms with E-state index in [2.05, 4.69) is 108 Å². The van der Waals surface area contributed by atoms with Crippen molar-refractivity contribution in [1.82, 2.24) is 4.98 Å². The van der Waals surface area contributed by atoms with Gasteiger partial charge in [0.25, 0.3) is 0 Å². The number of hydrogen-bond donors (Lipinski definition) is 0. The molecule has 0 N–H and O–H groups in total. The average molecular weight is 674 g/mol. The molecule has 3 heterocycles. The van der Waals surface area contributed by atoms with E-state index in [9.17, 15) is 0 Å². The molecule has 0 radical (unpaired) electrons. The quantitative estimate of drug-likeness (QED) is 0.181. The third-order valence-corrected chi connectivity index (χ3v) is 6.72. The van der Waals surface area contributed by atoms with Gasteiger partial charge in [0.05, 0.1) is 11.4 Å². The summed E-state index contributed by atoms with van der Waals surface area (Å²) < 4.78 is 0. The summed E-state index contributed by atoms with van der Waals surface area (Å²) in [6.45, 7) is 7.78. The van der Waals surface area contributed by atoms with Crippen LogP contribution < -0.4 is 14.7 Å². The van der Waals surface area contributed by atoms with Crippen LogP contribution >= 0.6 is 0 Å². The molecular weight excluding hydrogens is 645 g/mol. The maximum atomic E-state index is 4.22. The standard InChI is InChI=1S/C22H21N3.C11H8N.Ir/c1-15(2)13-24-14-25-21-12-17-8-5-4-7-16(17)11-20(21)23(3)18-9-6-10-19(24)22(18)25;1-2-6-10(7-3-1)11-8-4-5-9-12-11;/h4-11,14-15H,13H2,1-3H3;1-6,8-9H;/q-2;-1;+3. The smallest absolute Gasteiger partial charge is 0.501 e. The van der Waals surface area contributed by atoms with Crippen LogP contribution in [0, 0.1) is 24.7 Å². The van der Waals surface area contributed by atoms with Crippen LogP contribution in [0.15, 0.2) is 97.2 Å². The van der Waals surface area contributed by atoms with Gasteiger partial charge in [-0.2, -0.15) is 6.67 Å². The van der Waals surface area contributed by atoms with E-state index in [0.29, 0.717) is 5.92 Å². The Kier molecular flexibility index (Phi) is 7.51. The number of hydrogen-bond acceptors (Lipinski definition) is 4. The summed E-state index contributed by atoms with van der Waals surface area (Å²) in [7, 11) is 2.15. The van der Waals surface area contributed by atoms with Crippen LogP contribution in [0.1, 0.15) is 13.8 Å². The number of benzene rings is 4. The molecule has 1 aromatic heterocycles. The van der Waals surface area contributed by atoms with Gasteiger partial charge in [-0.1, -0.05) is 44.2 Å². The Morgan fingerprint density at radius 3 is 2.42 bits per heavy atom. The van der Waals surface area contributed by atoms with Crippen LogP contribution in [0.25, 0.3) is 22.0 Å². The van der Waals surface area contributed by atoms with E-state index in [1.165, 1.54) is 28.1 Å². The number of pyridine rings is 1. The minimum atomic E-state index is 0. The molecule has 0 fully saturated rings. The Bertz CT molecular complexity index is 1500. The Hall–Kier alpha value is -3.66. The van der Waals surface area contributed by atoms with Gasteiger partial charge in [0.1, 0.15) is 0 Å². The Balaban J connectivity index is 0.000000191. The van der Waals surface area contributed by atoms with Crippen molar-refractivity contribution in [2.75, 3.05) is 28.3 Å². The molecule has 0 saturated heterocycles. The van der Waals surface area contributed by atoms with Crippen molar-refractivity contribution in [1.29, 1.82) is 0 Å². The molecule has 0 bridgehead atoms. The largest absolute Gasteiger partial charge is 3.00 e. The SMILES string of the molecule is CC(C)CN1[CH-]N2c3[c-]c4ccccc4cc3N(C)c3cccc1c32.[Ir+3].[c-]1ccccc1-c1ccccn1. The Labute approximate surface area is 238 Å². The fourth-order valence-corrected chi connectivity index (χ4v) is 5.02. The molecule has 0 spiro atoms. The Morgan fingerprint density at radius 1 is 0.868 bits per heavy atom. The van der Waals surface area contributed by atoms with Crippen LogP contribution in [0.4, 0.5) is 28.4 Å². The van der Waals surface area contributed by atoms with Crippen LogP contribution in [0.5, 0.6) is 0 Å². The van der Waals surface area contributed by atoms with Gasteiger partial charge >= 0.3 is 20.1 Å². The van der Waals surface area contributed by atoms with E-state index >= 15 is 0 Å². The molecule has 190 valence electrons. The molecule has 0 unspecified atom stereocenters. The van der Waals surface area contributed by atoms with Crippen LogP contribution in [-0.2, 0) is 20.1 Å². The predicted octanol–water partition coefficient (Wildman–Crippen LogP) is 8.00. The van der Waals surface area contributed by atoms with Crippen molar-refractivity contribution >= 4 is 39.2 Å². The maximum absolute atomic E-state index is 4.22. The first-order chi connectivity index (χ1) is 18.1. The molecule has 0 atom stereocenters. The average Bonchev–Trinajstić information content (AvgIpc) is 3.30. The zero-order valence-electron chi connectivity index (χ0n) is 21.7. The van der Waals surface area contributed by atoms with Crippen molar-refractivity contribution in [3.63, 3.8) is 0 Å². The normalized spacial score (nSPS) is 13.0. The van der Waals surface area contributed by atoms with Crippen molar-refractivity contribution in [2.45, 2.75) is 13.8 Å². The van der Waals surface area contributed by atoms with Crippen LogP contribution in [-0.4, -0.2) is 18.6 Å². The molecule has 5 aromatic rings. The molecule has 0 amide bonds. The van der Waals surface area contributed by atoms with Gasteiger partial charge in [0, 0.05) is 18.9 Å². The molecule has 5 heteroatoms. The molecule has 7 rings (SSSR count). The van der Waals surface area contributed by atoms with Gasteiger partial charge in [-0.05, 0) is 47.7 Å². The number of nitrogens with zero attached hydrogens (tertiary/aromatic N) is 4. The molecule has 0 saturated carbocycles. The zero-order chi connectivity index (χ0) is 25.4. The Morgan fingerprint density at radius 2 is 1.66 bits per heavy atom. The van der Waals surface area contributed by atoms with Gasteiger partial charge in [-0.25, -0.2) is 0 Å². The van der Waals surface area contributed by atoms with Crippen molar-refractivity contribution in [3.05, 3.63) is 116 Å². The van der Waals surface area contributed by atoms with Crippen molar-refractivity contribution in [3.8, 4) is 11.3 Å². The van der Waals surface area contributed by atoms with Crippen molar-refractivity contribution in [2.24, 2.45) is 5.92 Å². The molecule has 4 aromatic carbocycles. The number of fused-ring (bicyclic) bond motifs is 3. The van der Waals surface area contributed by atoms with E-state index in [1.807, 2.05) is 42.5 Å². The van der Waals surface area contributed by atoms with E-state index in [4.69, 9.17) is 0 Å². The number of anilines is 5. The molecular formula is C33H29IrN4. The van der Waals surface area contributed by atoms with Crippen LogP contribution in [0.2, 0.25) is 0 Å². The molecule has 38 heavy (non-hydrogen) atoms. The number of aromatic nitrogens is 1. The fourth-order valence-electron chi connectivity index (χ4n) is 5.02. The summed E-state index contributed by atoms with van der Waals surface area (Å²) in [4.78, 5) is 11.2. The summed E-state index contributed by atoms with van der Waals surface area (Å²) in [5.41, 5.74) is 8.14. The molecule has 4 nitrogen and oxygen atoms in total. The molecule has 0 aliphatic carbocycles. The minimum absolute atomic E-state index is 0. The molecule has 2 aliphatic heterocycles. The fraction of sp³-hybridized carbons (Fsp3) is 0.152. The van der Waals surface area contributed by atoms with Gasteiger partial charge in [0.15, 0.2) is 0 Å². The first-order valence-corrected chi connectivity index (χ1v) is 12.7. The first-order valence-electron chi connectivity index (χ1n) is 12.7. The summed E-state index contributed by atoms with van der Waals surface area (Å²) in [5, 5.41) is 2.39. The summed E-state index contributed by atoms with van der Waals surface area (Å²) in [6.07, 6.45) is 1.79. The number of rotatable bonds is 3. The van der Waals surface area contributed by atoms with Crippen LogP contribution in [0.3, 0.4) is 0 Å². The van der Waals surface area contributed by atoms with Gasteiger partial charge in [-0.3, -0.25) is 0 Å². The van der Waals surface area contributed by atoms with E-state index in [-0.39, 0.29) is 20.1 Å². The predicted molar refractivity (Wildman–Crippen MR) is 154 cm³/mol. The zero-order valence-corrected chi connectivity index (χ0v) is 24.1. The van der Waals surface area contributed by atoms with Gasteiger partial charge in [-0.15, -0.1) is 70.9 Å². The second-order valence-electron chi connectivity index (χ2n) is 9.82. The minimum Gasteiger partial charge on any atom is -0.501 e. The van der Waals surface area contributed by atoms with Crippen molar-refractivity contribution < 1.29 is 20.1 Å². The summed E-state index contributed by atoms with van der Waals surface area (Å²) >= 11 is 0. The first kappa shape index (κ1) is 26.0. The number of para-hydroxylation sites is 1. The monoisotopic (exact) mass is 674 g/mol. The maximum Gasteiger partial charge on any atom is 3.00 e.